The molecular formula is C19H11NO5. The molecule has 6 nitrogen and oxygen atoms in total. The van der Waals surface area contributed by atoms with Crippen LogP contribution in [0.25, 0.3) is 21.9 Å². The summed E-state index contributed by atoms with van der Waals surface area (Å²) in [5.41, 5.74) is 0.244. The van der Waals surface area contributed by atoms with Gasteiger partial charge in [0, 0.05) is 12.3 Å². The summed E-state index contributed by atoms with van der Waals surface area (Å²) in [6.45, 7) is 0. The van der Waals surface area contributed by atoms with Crippen LogP contribution < -0.4 is 11.1 Å². The second kappa shape index (κ2) is 5.76. The maximum atomic E-state index is 12.1. The first-order valence-corrected chi connectivity index (χ1v) is 7.44. The molecule has 0 atom stereocenters. The summed E-state index contributed by atoms with van der Waals surface area (Å²) in [5, 5.41) is 11.1. The third kappa shape index (κ3) is 2.59. The number of benzene rings is 2. The molecular weight excluding hydrogens is 322 g/mol. The molecule has 0 spiro atoms. The minimum Gasteiger partial charge on any atom is -0.506 e. The molecule has 0 bridgehead atoms. The van der Waals surface area contributed by atoms with Gasteiger partial charge in [-0.15, -0.1) is 0 Å². The lowest BCUT2D eigenvalue weighted by molar-refractivity contribution is 0.466. The molecule has 0 saturated carbocycles. The van der Waals surface area contributed by atoms with Crippen LogP contribution in [0.15, 0.2) is 78.2 Å². The molecule has 6 heteroatoms. The topological polar surface area (TPSA) is 93.0 Å². The van der Waals surface area contributed by atoms with Crippen molar-refractivity contribution in [2.24, 2.45) is 4.99 Å². The first-order chi connectivity index (χ1) is 12.1. The summed E-state index contributed by atoms with van der Waals surface area (Å²) < 4.78 is 10.4. The van der Waals surface area contributed by atoms with E-state index in [-0.39, 0.29) is 16.7 Å². The minimum absolute atomic E-state index is 0.0566. The quantitative estimate of drug-likeness (QED) is 0.448. The van der Waals surface area contributed by atoms with Crippen LogP contribution in [0.5, 0.6) is 5.75 Å². The third-order valence-electron chi connectivity index (χ3n) is 3.81. The molecule has 0 unspecified atom stereocenters. The fraction of sp³-hybridized carbons (Fsp3) is 0. The van der Waals surface area contributed by atoms with E-state index in [9.17, 15) is 14.7 Å². The number of aliphatic imine (C=N–C) groups is 1. The van der Waals surface area contributed by atoms with Crippen LogP contribution in [0.1, 0.15) is 5.56 Å². The van der Waals surface area contributed by atoms with E-state index in [4.69, 9.17) is 8.83 Å². The van der Waals surface area contributed by atoms with E-state index in [1.54, 1.807) is 42.5 Å². The lowest BCUT2D eigenvalue weighted by Gasteiger charge is -2.02. The van der Waals surface area contributed by atoms with Crippen LogP contribution in [0.3, 0.4) is 0 Å². The number of nitrogens with zero attached hydrogens (tertiary/aromatic N) is 1. The number of aromatic hydroxyl groups is 1. The van der Waals surface area contributed by atoms with Gasteiger partial charge >= 0.3 is 5.63 Å². The Hall–Kier alpha value is -3.67. The maximum Gasteiger partial charge on any atom is 0.348 e. The van der Waals surface area contributed by atoms with Gasteiger partial charge < -0.3 is 13.9 Å². The van der Waals surface area contributed by atoms with Gasteiger partial charge in [0.1, 0.15) is 22.5 Å². The Kier molecular flexibility index (Phi) is 3.43. The van der Waals surface area contributed by atoms with Gasteiger partial charge in [-0.3, -0.25) is 9.79 Å². The number of hydrogen-bond acceptors (Lipinski definition) is 6. The lowest BCUT2D eigenvalue weighted by atomic mass is 10.1. The average Bonchev–Trinajstić information content (AvgIpc) is 2.62. The Bertz CT molecular complexity index is 1250. The molecule has 25 heavy (non-hydrogen) atoms. The largest absolute Gasteiger partial charge is 0.506 e. The monoisotopic (exact) mass is 333 g/mol. The van der Waals surface area contributed by atoms with E-state index < -0.39 is 5.63 Å². The Labute approximate surface area is 140 Å². The Morgan fingerprint density at radius 1 is 0.960 bits per heavy atom. The van der Waals surface area contributed by atoms with Crippen molar-refractivity contribution in [2.45, 2.75) is 0 Å². The first kappa shape index (κ1) is 14.9. The Morgan fingerprint density at radius 2 is 1.80 bits per heavy atom. The standard InChI is InChI=1S/C19H11NO5/c21-15-7-8-24-16-6-5-11(9-13(15)16)20-10-14-18(22)12-3-1-2-4-17(12)25-19(14)23/h1-10,22H. The summed E-state index contributed by atoms with van der Waals surface area (Å²) in [5.74, 6) is -0.198. The zero-order valence-electron chi connectivity index (χ0n) is 12.8. The number of fused-ring (bicyclic) bond motifs is 2. The molecule has 0 saturated heterocycles. The summed E-state index contributed by atoms with van der Waals surface area (Å²) >= 11 is 0. The second-order valence-electron chi connectivity index (χ2n) is 5.37. The normalized spacial score (nSPS) is 11.5. The summed E-state index contributed by atoms with van der Waals surface area (Å²) in [6, 6.07) is 12.8. The Morgan fingerprint density at radius 3 is 2.68 bits per heavy atom. The highest BCUT2D eigenvalue weighted by atomic mass is 16.4. The zero-order chi connectivity index (χ0) is 17.4. The summed E-state index contributed by atoms with van der Waals surface area (Å²) in [7, 11) is 0. The van der Waals surface area contributed by atoms with Crippen LogP contribution in [-0.4, -0.2) is 11.3 Å². The van der Waals surface area contributed by atoms with Crippen molar-refractivity contribution in [3.63, 3.8) is 0 Å². The molecule has 0 aliphatic heterocycles. The smallest absolute Gasteiger partial charge is 0.348 e. The number of hydrogen-bond donors (Lipinski definition) is 1. The highest BCUT2D eigenvalue weighted by Gasteiger charge is 2.11. The van der Waals surface area contributed by atoms with Gasteiger partial charge in [-0.25, -0.2) is 4.79 Å². The van der Waals surface area contributed by atoms with Gasteiger partial charge in [0.25, 0.3) is 0 Å². The molecule has 1 N–H and O–H groups in total. The lowest BCUT2D eigenvalue weighted by Crippen LogP contribution is -2.06. The molecule has 2 heterocycles. The summed E-state index contributed by atoms with van der Waals surface area (Å²) in [4.78, 5) is 28.1. The van der Waals surface area contributed by atoms with E-state index in [1.807, 2.05) is 0 Å². The third-order valence-corrected chi connectivity index (χ3v) is 3.81. The van der Waals surface area contributed by atoms with Gasteiger partial charge in [0.2, 0.25) is 0 Å². The molecule has 0 amide bonds. The maximum absolute atomic E-state index is 12.1. The molecule has 2 aromatic carbocycles. The van der Waals surface area contributed by atoms with Crippen molar-refractivity contribution in [2.75, 3.05) is 0 Å². The van der Waals surface area contributed by atoms with Gasteiger partial charge in [0.15, 0.2) is 5.43 Å². The van der Waals surface area contributed by atoms with Crippen molar-refractivity contribution in [1.29, 1.82) is 0 Å². The molecule has 0 fully saturated rings. The SMILES string of the molecule is O=c1oc2ccccc2c(O)c1C=Nc1ccc2occc(=O)c2c1. The van der Waals surface area contributed by atoms with Crippen LogP contribution in [0.4, 0.5) is 5.69 Å². The molecule has 122 valence electrons. The second-order valence-corrected chi connectivity index (χ2v) is 5.37. The predicted molar refractivity (Wildman–Crippen MR) is 93.9 cm³/mol. The van der Waals surface area contributed by atoms with Gasteiger partial charge in [-0.1, -0.05) is 12.1 Å². The molecule has 0 aliphatic rings. The van der Waals surface area contributed by atoms with Crippen molar-refractivity contribution in [1.82, 2.24) is 0 Å². The van der Waals surface area contributed by atoms with Crippen LogP contribution in [0.2, 0.25) is 0 Å². The van der Waals surface area contributed by atoms with Crippen molar-refractivity contribution < 1.29 is 13.9 Å². The summed E-state index contributed by atoms with van der Waals surface area (Å²) in [6.07, 6.45) is 2.55. The fourth-order valence-electron chi connectivity index (χ4n) is 2.55. The van der Waals surface area contributed by atoms with Crippen molar-refractivity contribution in [3.05, 3.63) is 81.0 Å². The fourth-order valence-corrected chi connectivity index (χ4v) is 2.55. The number of rotatable bonds is 2. The van der Waals surface area contributed by atoms with E-state index >= 15 is 0 Å². The van der Waals surface area contributed by atoms with Gasteiger partial charge in [-0.2, -0.15) is 0 Å². The van der Waals surface area contributed by atoms with E-state index in [0.717, 1.165) is 0 Å². The highest BCUT2D eigenvalue weighted by Crippen LogP contribution is 2.25. The first-order valence-electron chi connectivity index (χ1n) is 7.44. The van der Waals surface area contributed by atoms with Crippen molar-refractivity contribution >= 4 is 33.8 Å². The highest BCUT2D eigenvalue weighted by molar-refractivity contribution is 5.94. The van der Waals surface area contributed by atoms with Crippen LogP contribution >= 0.6 is 0 Å². The van der Waals surface area contributed by atoms with Crippen LogP contribution in [-0.2, 0) is 0 Å². The average molecular weight is 333 g/mol. The minimum atomic E-state index is -0.694. The Balaban J connectivity index is 1.82. The van der Waals surface area contributed by atoms with E-state index in [2.05, 4.69) is 4.99 Å². The molecule has 4 rings (SSSR count). The molecule has 4 aromatic rings. The number of para-hydroxylation sites is 1. The predicted octanol–water partition coefficient (Wildman–Crippen LogP) is 3.36. The van der Waals surface area contributed by atoms with Gasteiger partial charge in [0.05, 0.1) is 22.7 Å². The van der Waals surface area contributed by atoms with E-state index in [0.29, 0.717) is 27.6 Å². The molecule has 0 radical (unpaired) electrons. The van der Waals surface area contributed by atoms with Crippen LogP contribution in [0, 0.1) is 0 Å². The van der Waals surface area contributed by atoms with E-state index in [1.165, 1.54) is 18.5 Å². The molecule has 2 aromatic heterocycles. The zero-order valence-corrected chi connectivity index (χ0v) is 12.8. The van der Waals surface area contributed by atoms with Crippen molar-refractivity contribution in [3.8, 4) is 5.75 Å². The van der Waals surface area contributed by atoms with Gasteiger partial charge in [-0.05, 0) is 30.3 Å². The molecule has 0 aliphatic carbocycles.